The van der Waals surface area contributed by atoms with Crippen molar-refractivity contribution in [3.05, 3.63) is 53.6 Å². The maximum absolute atomic E-state index is 12.1. The molecule has 6 nitrogen and oxygen atoms in total. The van der Waals surface area contributed by atoms with Crippen molar-refractivity contribution in [1.82, 2.24) is 10.9 Å². The van der Waals surface area contributed by atoms with Crippen molar-refractivity contribution in [2.24, 2.45) is 0 Å². The second-order valence-electron chi connectivity index (χ2n) is 6.19. The topological polar surface area (TPSA) is 76.7 Å². The number of hydrogen-bond donors (Lipinski definition) is 2. The molecular weight excluding hydrogens is 376 g/mol. The first-order chi connectivity index (χ1) is 13.4. The number of aryl methyl sites for hydroxylation is 1. The average molecular weight is 403 g/mol. The number of rotatable bonds is 8. The maximum atomic E-state index is 12.1. The van der Waals surface area contributed by atoms with Crippen LogP contribution in [0.3, 0.4) is 0 Å². The summed E-state index contributed by atoms with van der Waals surface area (Å²) in [5.41, 5.74) is 6.89. The molecule has 0 unspecified atom stereocenters. The third-order valence-electron chi connectivity index (χ3n) is 4.06. The molecule has 0 heterocycles. The van der Waals surface area contributed by atoms with Gasteiger partial charge in [-0.3, -0.25) is 20.4 Å². The Labute approximate surface area is 170 Å². The van der Waals surface area contributed by atoms with Crippen molar-refractivity contribution < 1.29 is 19.1 Å². The second-order valence-corrected chi connectivity index (χ2v) is 7.24. The first kappa shape index (κ1) is 21.6. The Morgan fingerprint density at radius 3 is 2.46 bits per heavy atom. The maximum Gasteiger partial charge on any atom is 0.279 e. The molecule has 2 aromatic carbocycles. The molecule has 2 N–H and O–H groups in total. The van der Waals surface area contributed by atoms with Gasteiger partial charge in [-0.15, -0.1) is 11.8 Å². The molecule has 0 aliphatic carbocycles. The minimum atomic E-state index is -0.737. The quantitative estimate of drug-likeness (QED) is 0.523. The summed E-state index contributed by atoms with van der Waals surface area (Å²) in [6.45, 7) is 8.09. The Morgan fingerprint density at radius 2 is 1.79 bits per heavy atom. The van der Waals surface area contributed by atoms with Gasteiger partial charge >= 0.3 is 0 Å². The lowest BCUT2D eigenvalue weighted by Crippen LogP contribution is -2.47. The zero-order chi connectivity index (χ0) is 20.5. The third-order valence-corrected chi connectivity index (χ3v) is 5.07. The minimum absolute atomic E-state index is 0.181. The van der Waals surface area contributed by atoms with Crippen LogP contribution in [0.4, 0.5) is 0 Å². The van der Waals surface area contributed by atoms with Crippen LogP contribution in [0.5, 0.6) is 11.5 Å². The Kier molecular flexibility index (Phi) is 8.19. The molecule has 0 aromatic heterocycles. The third kappa shape index (κ3) is 6.49. The van der Waals surface area contributed by atoms with Crippen LogP contribution in [0.2, 0.25) is 0 Å². The first-order valence-electron chi connectivity index (χ1n) is 9.08. The van der Waals surface area contributed by atoms with Gasteiger partial charge < -0.3 is 9.47 Å². The van der Waals surface area contributed by atoms with Gasteiger partial charge in [-0.2, -0.15) is 0 Å². The number of carbonyl (C=O) groups is 2. The van der Waals surface area contributed by atoms with Gasteiger partial charge in [-0.25, -0.2) is 0 Å². The van der Waals surface area contributed by atoms with Crippen molar-refractivity contribution in [2.75, 3.05) is 12.4 Å². The highest BCUT2D eigenvalue weighted by Gasteiger charge is 2.16. The van der Waals surface area contributed by atoms with E-state index >= 15 is 0 Å². The van der Waals surface area contributed by atoms with Crippen LogP contribution in [-0.2, 0) is 9.59 Å². The molecule has 150 valence electrons. The molecule has 1 atom stereocenters. The van der Waals surface area contributed by atoms with Crippen molar-refractivity contribution in [1.29, 1.82) is 0 Å². The van der Waals surface area contributed by atoms with Crippen LogP contribution in [0, 0.1) is 13.8 Å². The number of ether oxygens (including phenoxy) is 2. The zero-order valence-corrected chi connectivity index (χ0v) is 17.4. The van der Waals surface area contributed by atoms with Crippen molar-refractivity contribution in [2.45, 2.75) is 38.7 Å². The van der Waals surface area contributed by atoms with E-state index in [9.17, 15) is 9.59 Å². The van der Waals surface area contributed by atoms with E-state index in [4.69, 9.17) is 9.47 Å². The standard InChI is InChI=1S/C21H26N2O4S/c1-5-26-17-9-11-18(12-10-17)28-13-20(24)22-23-21(25)16(4)27-19-8-6-7-14(2)15(19)3/h6-12,16H,5,13H2,1-4H3,(H,22,24)(H,23,25)/t16-/m1/s1. The molecular formula is C21H26N2O4S. The van der Waals surface area contributed by atoms with Gasteiger partial charge in [0.25, 0.3) is 5.91 Å². The molecule has 7 heteroatoms. The van der Waals surface area contributed by atoms with Crippen molar-refractivity contribution in [3.63, 3.8) is 0 Å². The zero-order valence-electron chi connectivity index (χ0n) is 16.6. The molecule has 0 saturated carbocycles. The summed E-state index contributed by atoms with van der Waals surface area (Å²) in [7, 11) is 0. The second kappa shape index (κ2) is 10.6. The molecule has 2 rings (SSSR count). The summed E-state index contributed by atoms with van der Waals surface area (Å²) < 4.78 is 11.1. The van der Waals surface area contributed by atoms with E-state index in [2.05, 4.69) is 10.9 Å². The van der Waals surface area contributed by atoms with Crippen LogP contribution in [-0.4, -0.2) is 30.3 Å². The number of hydrogen-bond acceptors (Lipinski definition) is 5. The van der Waals surface area contributed by atoms with E-state index < -0.39 is 12.0 Å². The SMILES string of the molecule is CCOc1ccc(SCC(=O)NNC(=O)[C@@H](C)Oc2cccc(C)c2C)cc1. The monoisotopic (exact) mass is 402 g/mol. The Balaban J connectivity index is 1.75. The number of carbonyl (C=O) groups excluding carboxylic acids is 2. The molecule has 0 bridgehead atoms. The lowest BCUT2D eigenvalue weighted by atomic mass is 10.1. The molecule has 28 heavy (non-hydrogen) atoms. The largest absolute Gasteiger partial charge is 0.494 e. The minimum Gasteiger partial charge on any atom is -0.494 e. The average Bonchev–Trinajstić information content (AvgIpc) is 2.69. The number of nitrogens with one attached hydrogen (secondary N) is 2. The Morgan fingerprint density at radius 1 is 1.07 bits per heavy atom. The number of benzene rings is 2. The molecule has 0 aliphatic heterocycles. The van der Waals surface area contributed by atoms with Crippen LogP contribution in [0.25, 0.3) is 0 Å². The molecule has 0 spiro atoms. The van der Waals surface area contributed by atoms with Crippen LogP contribution in [0.1, 0.15) is 25.0 Å². The van der Waals surface area contributed by atoms with Crippen molar-refractivity contribution in [3.8, 4) is 11.5 Å². The predicted molar refractivity (Wildman–Crippen MR) is 111 cm³/mol. The summed E-state index contributed by atoms with van der Waals surface area (Å²) in [6.07, 6.45) is -0.737. The van der Waals surface area contributed by atoms with Crippen LogP contribution in [0.15, 0.2) is 47.4 Å². The van der Waals surface area contributed by atoms with Gasteiger partial charge in [0.05, 0.1) is 12.4 Å². The predicted octanol–water partition coefficient (Wildman–Crippen LogP) is 3.41. The highest BCUT2D eigenvalue weighted by molar-refractivity contribution is 8.00. The fraction of sp³-hybridized carbons (Fsp3) is 0.333. The van der Waals surface area contributed by atoms with Gasteiger partial charge in [0, 0.05) is 4.90 Å². The summed E-state index contributed by atoms with van der Waals surface area (Å²) in [4.78, 5) is 25.0. The summed E-state index contributed by atoms with van der Waals surface area (Å²) >= 11 is 1.37. The van der Waals surface area contributed by atoms with Gasteiger partial charge in [-0.05, 0) is 69.2 Å². The van der Waals surface area contributed by atoms with E-state index in [1.165, 1.54) is 11.8 Å². The van der Waals surface area contributed by atoms with Crippen molar-refractivity contribution >= 4 is 23.6 Å². The van der Waals surface area contributed by atoms with E-state index in [0.29, 0.717) is 12.4 Å². The van der Waals surface area contributed by atoms with Gasteiger partial charge in [0.1, 0.15) is 11.5 Å². The molecule has 0 saturated heterocycles. The normalized spacial score (nSPS) is 11.4. The highest BCUT2D eigenvalue weighted by atomic mass is 32.2. The van der Waals surface area contributed by atoms with E-state index in [1.54, 1.807) is 6.92 Å². The fourth-order valence-corrected chi connectivity index (χ4v) is 3.01. The van der Waals surface area contributed by atoms with Crippen LogP contribution < -0.4 is 20.3 Å². The summed E-state index contributed by atoms with van der Waals surface area (Å²) in [5.74, 6) is 0.911. The number of thioether (sulfide) groups is 1. The molecule has 0 fully saturated rings. The molecule has 0 radical (unpaired) electrons. The smallest absolute Gasteiger partial charge is 0.279 e. The highest BCUT2D eigenvalue weighted by Crippen LogP contribution is 2.22. The first-order valence-corrected chi connectivity index (χ1v) is 10.1. The molecule has 0 aliphatic rings. The van der Waals surface area contributed by atoms with Crippen LogP contribution >= 0.6 is 11.8 Å². The molecule has 2 aromatic rings. The van der Waals surface area contributed by atoms with Gasteiger partial charge in [-0.1, -0.05) is 12.1 Å². The van der Waals surface area contributed by atoms with Gasteiger partial charge in [0.2, 0.25) is 5.91 Å². The number of hydrazine groups is 1. The lowest BCUT2D eigenvalue weighted by Gasteiger charge is -2.17. The summed E-state index contributed by atoms with van der Waals surface area (Å²) in [6, 6.07) is 13.2. The van der Waals surface area contributed by atoms with E-state index in [0.717, 1.165) is 21.8 Å². The molecule has 2 amide bonds. The van der Waals surface area contributed by atoms with Gasteiger partial charge in [0.15, 0.2) is 6.10 Å². The Bertz CT molecular complexity index is 809. The lowest BCUT2D eigenvalue weighted by molar-refractivity contribution is -0.131. The van der Waals surface area contributed by atoms with E-state index in [-0.39, 0.29) is 11.7 Å². The number of amides is 2. The Hall–Kier alpha value is -2.67. The van der Waals surface area contributed by atoms with E-state index in [1.807, 2.05) is 63.2 Å². The summed E-state index contributed by atoms with van der Waals surface area (Å²) in [5, 5.41) is 0. The fourth-order valence-electron chi connectivity index (χ4n) is 2.31.